The molecule has 0 aliphatic carbocycles. The third-order valence-electron chi connectivity index (χ3n) is 5.96. The summed E-state index contributed by atoms with van der Waals surface area (Å²) in [5, 5.41) is 9.77. The van der Waals surface area contributed by atoms with Gasteiger partial charge >= 0.3 is 0 Å². The largest absolute Gasteiger partial charge is 0.505 e. The standard InChI is InChI=1S/C22H25F2N5O2S/c1-27-2-4-28(5-3-27)13-15-12-17-20(32-15)22(29-6-8-31-9-7-29)26-21(25-17)14-10-16(23)19(24)18(30)11-14/h10-12,30H,2-9,13H2,1H3. The Balaban J connectivity index is 1.55. The predicted molar refractivity (Wildman–Crippen MR) is 120 cm³/mol. The van der Waals surface area contributed by atoms with Crippen molar-refractivity contribution in [2.24, 2.45) is 0 Å². The number of morpholine rings is 1. The molecule has 2 aliphatic rings. The number of fused-ring (bicyclic) bond motifs is 1. The van der Waals surface area contributed by atoms with Crippen molar-refractivity contribution in [3.05, 3.63) is 34.7 Å². The maximum Gasteiger partial charge on any atom is 0.200 e. The Morgan fingerprint density at radius 2 is 1.78 bits per heavy atom. The van der Waals surface area contributed by atoms with Gasteiger partial charge in [-0.25, -0.2) is 14.4 Å². The molecule has 5 rings (SSSR count). The number of hydrogen-bond acceptors (Lipinski definition) is 8. The van der Waals surface area contributed by atoms with E-state index in [9.17, 15) is 13.9 Å². The number of benzene rings is 1. The highest BCUT2D eigenvalue weighted by Crippen LogP contribution is 2.36. The maximum absolute atomic E-state index is 14.0. The van der Waals surface area contributed by atoms with E-state index in [0.717, 1.165) is 54.8 Å². The molecule has 3 aromatic rings. The minimum absolute atomic E-state index is 0.240. The number of likely N-dealkylation sites (N-methyl/N-ethyl adjacent to an activating group) is 1. The van der Waals surface area contributed by atoms with Crippen LogP contribution in [-0.4, -0.2) is 84.4 Å². The molecule has 2 saturated heterocycles. The van der Waals surface area contributed by atoms with E-state index in [4.69, 9.17) is 9.72 Å². The Bertz CT molecular complexity index is 1100. The first kappa shape index (κ1) is 21.4. The molecule has 0 radical (unpaired) electrons. The van der Waals surface area contributed by atoms with Crippen LogP contribution in [0.4, 0.5) is 14.6 Å². The van der Waals surface area contributed by atoms with E-state index in [0.29, 0.717) is 26.3 Å². The van der Waals surface area contributed by atoms with E-state index in [2.05, 4.69) is 32.8 Å². The van der Waals surface area contributed by atoms with Gasteiger partial charge in [-0.3, -0.25) is 4.90 Å². The highest BCUT2D eigenvalue weighted by atomic mass is 32.1. The van der Waals surface area contributed by atoms with E-state index in [1.165, 1.54) is 10.9 Å². The number of thiophene rings is 1. The highest BCUT2D eigenvalue weighted by molar-refractivity contribution is 7.19. The molecule has 2 fully saturated rings. The fourth-order valence-electron chi connectivity index (χ4n) is 4.09. The number of ether oxygens (including phenoxy) is 1. The number of nitrogens with zero attached hydrogens (tertiary/aromatic N) is 5. The molecule has 0 saturated carbocycles. The number of rotatable bonds is 4. The van der Waals surface area contributed by atoms with Gasteiger partial charge in [0, 0.05) is 56.3 Å². The fraction of sp³-hybridized carbons (Fsp3) is 0.455. The van der Waals surface area contributed by atoms with Gasteiger partial charge in [-0.2, -0.15) is 4.39 Å². The first-order chi connectivity index (χ1) is 15.5. The lowest BCUT2D eigenvalue weighted by atomic mass is 10.2. The van der Waals surface area contributed by atoms with Crippen molar-refractivity contribution in [1.82, 2.24) is 19.8 Å². The summed E-state index contributed by atoms with van der Waals surface area (Å²) in [6.45, 7) is 7.58. The average molecular weight is 462 g/mol. The zero-order valence-electron chi connectivity index (χ0n) is 17.9. The van der Waals surface area contributed by atoms with E-state index in [1.54, 1.807) is 11.3 Å². The van der Waals surface area contributed by atoms with Crippen molar-refractivity contribution in [1.29, 1.82) is 0 Å². The second-order valence-electron chi connectivity index (χ2n) is 8.27. The maximum atomic E-state index is 14.0. The number of phenols is 1. The molecule has 0 atom stereocenters. The normalized spacial score (nSPS) is 18.5. The molecular weight excluding hydrogens is 436 g/mol. The van der Waals surface area contributed by atoms with Crippen LogP contribution >= 0.6 is 11.3 Å². The Labute approximate surface area is 188 Å². The van der Waals surface area contributed by atoms with Crippen molar-refractivity contribution in [3.8, 4) is 17.1 Å². The van der Waals surface area contributed by atoms with E-state index in [1.807, 2.05) is 0 Å². The van der Waals surface area contributed by atoms with Crippen molar-refractivity contribution >= 4 is 27.4 Å². The minimum Gasteiger partial charge on any atom is -0.505 e. The van der Waals surface area contributed by atoms with Crippen LogP contribution in [0.15, 0.2) is 18.2 Å². The number of phenolic OH excluding ortho intramolecular Hbond substituents is 1. The molecule has 0 unspecified atom stereocenters. The summed E-state index contributed by atoms with van der Waals surface area (Å²) in [6.07, 6.45) is 0. The third-order valence-corrected chi connectivity index (χ3v) is 7.06. The van der Waals surface area contributed by atoms with Gasteiger partial charge in [0.15, 0.2) is 29.0 Å². The minimum atomic E-state index is -1.27. The van der Waals surface area contributed by atoms with Crippen LogP contribution < -0.4 is 4.90 Å². The lowest BCUT2D eigenvalue weighted by Crippen LogP contribution is -2.43. The Kier molecular flexibility index (Phi) is 5.93. The Hall–Kier alpha value is -2.40. The molecule has 1 N–H and O–H groups in total. The fourth-order valence-corrected chi connectivity index (χ4v) is 5.25. The molecule has 4 heterocycles. The topological polar surface area (TPSA) is 65.0 Å². The molecule has 1 aromatic carbocycles. The molecule has 0 bridgehead atoms. The van der Waals surface area contributed by atoms with Crippen molar-refractivity contribution < 1.29 is 18.6 Å². The first-order valence-electron chi connectivity index (χ1n) is 10.7. The lowest BCUT2D eigenvalue weighted by Gasteiger charge is -2.31. The van der Waals surface area contributed by atoms with Crippen LogP contribution in [0.3, 0.4) is 0 Å². The number of hydrogen-bond donors (Lipinski definition) is 1. The van der Waals surface area contributed by atoms with Crippen LogP contribution in [0.2, 0.25) is 0 Å². The number of piperazine rings is 1. The van der Waals surface area contributed by atoms with Crippen molar-refractivity contribution in [3.63, 3.8) is 0 Å². The summed E-state index contributed by atoms with van der Waals surface area (Å²) in [7, 11) is 2.14. The van der Waals surface area contributed by atoms with Crippen LogP contribution in [-0.2, 0) is 11.3 Å². The molecule has 170 valence electrons. The second kappa shape index (κ2) is 8.86. The van der Waals surface area contributed by atoms with Gasteiger partial charge in [-0.05, 0) is 25.2 Å². The van der Waals surface area contributed by atoms with Gasteiger partial charge < -0.3 is 19.6 Å². The van der Waals surface area contributed by atoms with Gasteiger partial charge in [0.2, 0.25) is 0 Å². The lowest BCUT2D eigenvalue weighted by molar-refractivity contribution is 0.122. The highest BCUT2D eigenvalue weighted by Gasteiger charge is 2.22. The number of anilines is 1. The predicted octanol–water partition coefficient (Wildman–Crippen LogP) is 2.93. The van der Waals surface area contributed by atoms with Gasteiger partial charge in [-0.1, -0.05) is 0 Å². The van der Waals surface area contributed by atoms with Gasteiger partial charge in [0.05, 0.1) is 23.4 Å². The molecular formula is C22H25F2N5O2S. The monoisotopic (exact) mass is 461 g/mol. The van der Waals surface area contributed by atoms with Gasteiger partial charge in [0.25, 0.3) is 0 Å². The van der Waals surface area contributed by atoms with Gasteiger partial charge in [-0.15, -0.1) is 11.3 Å². The quantitative estimate of drug-likeness (QED) is 0.641. The number of halogens is 2. The zero-order chi connectivity index (χ0) is 22.2. The summed E-state index contributed by atoms with van der Waals surface area (Å²) in [4.78, 5) is 17.5. The van der Waals surface area contributed by atoms with Crippen LogP contribution in [0.5, 0.6) is 5.75 Å². The summed E-state index contributed by atoms with van der Waals surface area (Å²) in [5.74, 6) is -2.12. The van der Waals surface area contributed by atoms with Crippen molar-refractivity contribution in [2.45, 2.75) is 6.54 Å². The smallest absolute Gasteiger partial charge is 0.200 e. The second-order valence-corrected chi connectivity index (χ2v) is 9.40. The van der Waals surface area contributed by atoms with Crippen molar-refractivity contribution in [2.75, 3.05) is 64.4 Å². The molecule has 2 aromatic heterocycles. The van der Waals surface area contributed by atoms with Crippen LogP contribution in [0.1, 0.15) is 4.88 Å². The molecule has 32 heavy (non-hydrogen) atoms. The molecule has 0 spiro atoms. The molecule has 10 heteroatoms. The summed E-state index contributed by atoms with van der Waals surface area (Å²) in [6, 6.07) is 4.25. The summed E-state index contributed by atoms with van der Waals surface area (Å²) in [5.41, 5.74) is 1.01. The van der Waals surface area contributed by atoms with Crippen LogP contribution in [0.25, 0.3) is 21.6 Å². The molecule has 0 amide bonds. The van der Waals surface area contributed by atoms with Gasteiger partial charge in [0.1, 0.15) is 0 Å². The first-order valence-corrected chi connectivity index (χ1v) is 11.5. The SMILES string of the molecule is CN1CCN(Cc2cc3nc(-c4cc(O)c(F)c(F)c4)nc(N4CCOCC4)c3s2)CC1. The third kappa shape index (κ3) is 4.27. The Morgan fingerprint density at radius 1 is 1.03 bits per heavy atom. The molecule has 7 nitrogen and oxygen atoms in total. The Morgan fingerprint density at radius 3 is 2.50 bits per heavy atom. The van der Waals surface area contributed by atoms with E-state index in [-0.39, 0.29) is 11.4 Å². The number of aromatic hydroxyl groups is 1. The number of aromatic nitrogens is 2. The average Bonchev–Trinajstić information content (AvgIpc) is 3.21. The molecule has 2 aliphatic heterocycles. The van der Waals surface area contributed by atoms with Crippen LogP contribution in [0, 0.1) is 11.6 Å². The van der Waals surface area contributed by atoms with E-state index < -0.39 is 17.4 Å². The summed E-state index contributed by atoms with van der Waals surface area (Å²) < 4.78 is 34.0. The summed E-state index contributed by atoms with van der Waals surface area (Å²) >= 11 is 1.68. The zero-order valence-corrected chi connectivity index (χ0v) is 18.7. The van der Waals surface area contributed by atoms with E-state index >= 15 is 0 Å².